The van der Waals surface area contributed by atoms with Crippen LogP contribution in [0.5, 0.6) is 0 Å². The monoisotopic (exact) mass is 162 g/mol. The van der Waals surface area contributed by atoms with Crippen molar-refractivity contribution in [3.8, 4) is 0 Å². The topological polar surface area (TPSA) is 56.5 Å². The van der Waals surface area contributed by atoms with Crippen molar-refractivity contribution < 1.29 is 9.47 Å². The van der Waals surface area contributed by atoms with Crippen molar-refractivity contribution in [3.05, 3.63) is 0 Å². The number of hydrogen-bond acceptors (Lipinski definition) is 4. The lowest BCUT2D eigenvalue weighted by molar-refractivity contribution is -0.0995. The van der Waals surface area contributed by atoms with Crippen LogP contribution >= 0.6 is 0 Å². The Hall–Kier alpha value is -0.160. The fourth-order valence-corrected chi connectivity index (χ4v) is 0.644. The largest absolute Gasteiger partial charge is 0.355 e. The van der Waals surface area contributed by atoms with E-state index in [9.17, 15) is 0 Å². The van der Waals surface area contributed by atoms with Crippen molar-refractivity contribution in [3.63, 3.8) is 0 Å². The molecule has 0 aliphatic rings. The Morgan fingerprint density at radius 1 is 1.36 bits per heavy atom. The fraction of sp³-hybridized carbons (Fsp3) is 1.00. The van der Waals surface area contributed by atoms with Crippen LogP contribution in [0, 0.1) is 0 Å². The lowest BCUT2D eigenvalue weighted by Crippen LogP contribution is -2.39. The summed E-state index contributed by atoms with van der Waals surface area (Å²) in [6.45, 7) is 3.31. The van der Waals surface area contributed by atoms with E-state index >= 15 is 0 Å². The molecule has 3 N–H and O–H groups in total. The third-order valence-electron chi connectivity index (χ3n) is 1.51. The molecule has 0 spiro atoms. The fourth-order valence-electron chi connectivity index (χ4n) is 0.644. The van der Waals surface area contributed by atoms with E-state index in [1.165, 1.54) is 0 Å². The standard InChI is InChI=1S/C7H18N2O2/c1-6(4-8)9-5-7(10-2)11-3/h6-7,9H,4-5,8H2,1-3H3. The van der Waals surface area contributed by atoms with Crippen LogP contribution in [-0.2, 0) is 9.47 Å². The highest BCUT2D eigenvalue weighted by Crippen LogP contribution is 1.88. The molecule has 0 aliphatic heterocycles. The first-order valence-corrected chi connectivity index (χ1v) is 3.73. The van der Waals surface area contributed by atoms with E-state index in [0.717, 1.165) is 0 Å². The van der Waals surface area contributed by atoms with Gasteiger partial charge in [0, 0.05) is 33.4 Å². The molecule has 68 valence electrons. The first kappa shape index (κ1) is 10.8. The Balaban J connectivity index is 3.34. The van der Waals surface area contributed by atoms with Crippen LogP contribution in [0.4, 0.5) is 0 Å². The molecule has 0 saturated carbocycles. The first-order valence-electron chi connectivity index (χ1n) is 3.73. The normalized spacial score (nSPS) is 13.9. The maximum absolute atomic E-state index is 5.40. The molecule has 0 radical (unpaired) electrons. The minimum atomic E-state index is -0.177. The molecule has 0 aliphatic carbocycles. The lowest BCUT2D eigenvalue weighted by atomic mass is 10.3. The van der Waals surface area contributed by atoms with Crippen molar-refractivity contribution in [2.45, 2.75) is 19.3 Å². The molecule has 0 aromatic heterocycles. The Morgan fingerprint density at radius 2 is 1.91 bits per heavy atom. The second kappa shape index (κ2) is 6.54. The van der Waals surface area contributed by atoms with Gasteiger partial charge in [0.05, 0.1) is 0 Å². The highest BCUT2D eigenvalue weighted by atomic mass is 16.7. The van der Waals surface area contributed by atoms with Crippen LogP contribution in [0.15, 0.2) is 0 Å². The quantitative estimate of drug-likeness (QED) is 0.519. The predicted octanol–water partition coefficient (Wildman–Crippen LogP) is -0.458. The number of ether oxygens (including phenoxy) is 2. The van der Waals surface area contributed by atoms with Gasteiger partial charge in [-0.15, -0.1) is 0 Å². The summed E-state index contributed by atoms with van der Waals surface area (Å²) in [7, 11) is 3.23. The van der Waals surface area contributed by atoms with Gasteiger partial charge in [-0.25, -0.2) is 0 Å². The number of nitrogens with one attached hydrogen (secondary N) is 1. The van der Waals surface area contributed by atoms with Crippen molar-refractivity contribution in [2.24, 2.45) is 5.73 Å². The molecule has 0 amide bonds. The average Bonchev–Trinajstić information content (AvgIpc) is 2.06. The predicted molar refractivity (Wildman–Crippen MR) is 44.3 cm³/mol. The average molecular weight is 162 g/mol. The van der Waals surface area contributed by atoms with E-state index in [-0.39, 0.29) is 6.29 Å². The summed E-state index contributed by atoms with van der Waals surface area (Å²) in [6, 6.07) is 0.308. The molecular formula is C7H18N2O2. The molecule has 0 saturated heterocycles. The van der Waals surface area contributed by atoms with Crippen LogP contribution in [-0.4, -0.2) is 39.6 Å². The van der Waals surface area contributed by atoms with E-state index in [4.69, 9.17) is 15.2 Å². The highest BCUT2D eigenvalue weighted by Gasteiger charge is 2.05. The summed E-state index contributed by atoms with van der Waals surface area (Å²) in [6.07, 6.45) is -0.177. The van der Waals surface area contributed by atoms with Gasteiger partial charge >= 0.3 is 0 Å². The third-order valence-corrected chi connectivity index (χ3v) is 1.51. The summed E-state index contributed by atoms with van der Waals surface area (Å²) in [5.74, 6) is 0. The molecule has 4 heteroatoms. The van der Waals surface area contributed by atoms with E-state index < -0.39 is 0 Å². The van der Waals surface area contributed by atoms with Crippen molar-refractivity contribution in [1.82, 2.24) is 5.32 Å². The van der Waals surface area contributed by atoms with Crippen molar-refractivity contribution >= 4 is 0 Å². The van der Waals surface area contributed by atoms with Gasteiger partial charge in [-0.1, -0.05) is 0 Å². The molecule has 0 rings (SSSR count). The van der Waals surface area contributed by atoms with E-state index in [2.05, 4.69) is 5.32 Å². The molecule has 1 atom stereocenters. The number of methoxy groups -OCH3 is 2. The zero-order valence-electron chi connectivity index (χ0n) is 7.46. The smallest absolute Gasteiger partial charge is 0.169 e. The molecule has 0 aromatic carbocycles. The van der Waals surface area contributed by atoms with Crippen LogP contribution < -0.4 is 11.1 Å². The summed E-state index contributed by atoms with van der Waals surface area (Å²) in [4.78, 5) is 0. The van der Waals surface area contributed by atoms with Gasteiger partial charge in [0.2, 0.25) is 0 Å². The zero-order valence-corrected chi connectivity index (χ0v) is 7.46. The molecular weight excluding hydrogens is 144 g/mol. The van der Waals surface area contributed by atoms with E-state index in [1.807, 2.05) is 6.92 Å². The molecule has 4 nitrogen and oxygen atoms in total. The Labute approximate surface area is 68.0 Å². The SMILES string of the molecule is COC(CNC(C)CN)OC. The van der Waals surface area contributed by atoms with Gasteiger partial charge in [-0.2, -0.15) is 0 Å². The van der Waals surface area contributed by atoms with Crippen LogP contribution in [0.3, 0.4) is 0 Å². The van der Waals surface area contributed by atoms with Gasteiger partial charge in [-0.05, 0) is 6.92 Å². The third kappa shape index (κ3) is 5.15. The van der Waals surface area contributed by atoms with Gasteiger partial charge in [-0.3, -0.25) is 0 Å². The molecule has 0 aromatic rings. The zero-order chi connectivity index (χ0) is 8.69. The highest BCUT2D eigenvalue weighted by molar-refractivity contribution is 4.61. The van der Waals surface area contributed by atoms with Gasteiger partial charge in [0.15, 0.2) is 6.29 Å². The number of hydrogen-bond donors (Lipinski definition) is 2. The lowest BCUT2D eigenvalue weighted by Gasteiger charge is -2.17. The second-order valence-corrected chi connectivity index (χ2v) is 2.45. The first-order chi connectivity index (χ1) is 5.24. The van der Waals surface area contributed by atoms with Gasteiger partial charge in [0.1, 0.15) is 0 Å². The van der Waals surface area contributed by atoms with Gasteiger partial charge in [0.25, 0.3) is 0 Å². The molecule has 1 unspecified atom stereocenters. The molecule has 0 heterocycles. The van der Waals surface area contributed by atoms with Crippen LogP contribution in [0.2, 0.25) is 0 Å². The Bertz CT molecular complexity index is 86.5. The number of rotatable bonds is 6. The van der Waals surface area contributed by atoms with Crippen molar-refractivity contribution in [2.75, 3.05) is 27.3 Å². The molecule has 0 bridgehead atoms. The summed E-state index contributed by atoms with van der Waals surface area (Å²) < 4.78 is 9.94. The summed E-state index contributed by atoms with van der Waals surface area (Å²) >= 11 is 0. The Morgan fingerprint density at radius 3 is 2.27 bits per heavy atom. The summed E-state index contributed by atoms with van der Waals surface area (Å²) in [5, 5.41) is 3.16. The van der Waals surface area contributed by atoms with E-state index in [0.29, 0.717) is 19.1 Å². The minimum Gasteiger partial charge on any atom is -0.355 e. The second-order valence-electron chi connectivity index (χ2n) is 2.45. The molecule has 11 heavy (non-hydrogen) atoms. The maximum atomic E-state index is 5.40. The Kier molecular flexibility index (Phi) is 6.45. The van der Waals surface area contributed by atoms with Crippen LogP contribution in [0.1, 0.15) is 6.92 Å². The summed E-state index contributed by atoms with van der Waals surface area (Å²) in [5.41, 5.74) is 5.40. The maximum Gasteiger partial charge on any atom is 0.169 e. The van der Waals surface area contributed by atoms with Gasteiger partial charge < -0.3 is 20.5 Å². The van der Waals surface area contributed by atoms with Crippen molar-refractivity contribution in [1.29, 1.82) is 0 Å². The van der Waals surface area contributed by atoms with Crippen LogP contribution in [0.25, 0.3) is 0 Å². The van der Waals surface area contributed by atoms with E-state index in [1.54, 1.807) is 14.2 Å². The number of nitrogens with two attached hydrogens (primary N) is 1. The molecule has 0 fully saturated rings. The minimum absolute atomic E-state index is 0.177.